The minimum Gasteiger partial charge on any atom is -0.497 e. The fraction of sp³-hybridized carbons (Fsp3) is 0.133. The molecule has 0 radical (unpaired) electrons. The van der Waals surface area contributed by atoms with Crippen LogP contribution in [-0.4, -0.2) is 12.9 Å². The van der Waals surface area contributed by atoms with Gasteiger partial charge >= 0.3 is 0 Å². The van der Waals surface area contributed by atoms with E-state index in [4.69, 9.17) is 10.5 Å². The first-order chi connectivity index (χ1) is 9.10. The number of nitrogens with one attached hydrogen (secondary N) is 1. The first kappa shape index (κ1) is 13.0. The van der Waals surface area contributed by atoms with Gasteiger partial charge in [-0.3, -0.25) is 4.79 Å². The molecule has 0 spiro atoms. The highest BCUT2D eigenvalue weighted by atomic mass is 16.5. The van der Waals surface area contributed by atoms with Crippen LogP contribution in [-0.2, 0) is 0 Å². The number of anilines is 3. The fourth-order valence-corrected chi connectivity index (χ4v) is 1.75. The van der Waals surface area contributed by atoms with Gasteiger partial charge < -0.3 is 15.8 Å². The Kier molecular flexibility index (Phi) is 3.71. The molecule has 2 aromatic carbocycles. The van der Waals surface area contributed by atoms with E-state index in [9.17, 15) is 4.79 Å². The molecule has 2 rings (SSSR count). The third-order valence-corrected chi connectivity index (χ3v) is 2.81. The maximum Gasteiger partial charge on any atom is 0.159 e. The molecule has 0 unspecified atom stereocenters. The third-order valence-electron chi connectivity index (χ3n) is 2.81. The van der Waals surface area contributed by atoms with Gasteiger partial charge in [-0.2, -0.15) is 0 Å². The van der Waals surface area contributed by atoms with Gasteiger partial charge in [0.15, 0.2) is 5.78 Å². The summed E-state index contributed by atoms with van der Waals surface area (Å²) in [6.07, 6.45) is 0. The van der Waals surface area contributed by atoms with Crippen LogP contribution in [0, 0.1) is 0 Å². The molecule has 0 aliphatic carbocycles. The highest BCUT2D eigenvalue weighted by Crippen LogP contribution is 2.26. The van der Waals surface area contributed by atoms with Crippen molar-refractivity contribution in [3.63, 3.8) is 0 Å². The van der Waals surface area contributed by atoms with Gasteiger partial charge in [0.1, 0.15) is 5.75 Å². The largest absolute Gasteiger partial charge is 0.497 e. The number of rotatable bonds is 4. The van der Waals surface area contributed by atoms with Crippen LogP contribution >= 0.6 is 0 Å². The summed E-state index contributed by atoms with van der Waals surface area (Å²) in [5, 5.41) is 3.20. The van der Waals surface area contributed by atoms with Crippen molar-refractivity contribution in [1.82, 2.24) is 0 Å². The number of nitrogens with two attached hydrogens (primary N) is 1. The summed E-state index contributed by atoms with van der Waals surface area (Å²) in [4.78, 5) is 11.3. The molecule has 0 amide bonds. The number of methoxy groups -OCH3 is 1. The zero-order valence-corrected chi connectivity index (χ0v) is 10.9. The van der Waals surface area contributed by atoms with Gasteiger partial charge in [0.25, 0.3) is 0 Å². The van der Waals surface area contributed by atoms with E-state index >= 15 is 0 Å². The molecule has 0 aliphatic heterocycles. The lowest BCUT2D eigenvalue weighted by Gasteiger charge is -2.11. The normalized spacial score (nSPS) is 10.0. The van der Waals surface area contributed by atoms with Crippen LogP contribution < -0.4 is 15.8 Å². The summed E-state index contributed by atoms with van der Waals surface area (Å²) in [5.74, 6) is 0.767. The lowest BCUT2D eigenvalue weighted by Crippen LogP contribution is -2.00. The summed E-state index contributed by atoms with van der Waals surface area (Å²) >= 11 is 0. The molecule has 0 saturated carbocycles. The first-order valence-electron chi connectivity index (χ1n) is 5.91. The highest BCUT2D eigenvalue weighted by molar-refractivity contribution is 5.96. The minimum atomic E-state index is -0.000342. The number of hydrogen-bond acceptors (Lipinski definition) is 4. The van der Waals surface area contributed by atoms with Crippen LogP contribution in [0.15, 0.2) is 42.5 Å². The summed E-state index contributed by atoms with van der Waals surface area (Å²) in [6.45, 7) is 1.52. The average molecular weight is 256 g/mol. The molecule has 0 atom stereocenters. The van der Waals surface area contributed by atoms with Crippen molar-refractivity contribution in [2.24, 2.45) is 0 Å². The van der Waals surface area contributed by atoms with Crippen LogP contribution in [0.25, 0.3) is 0 Å². The number of carbonyl (C=O) groups excluding carboxylic acids is 1. The second-order valence-corrected chi connectivity index (χ2v) is 4.22. The van der Waals surface area contributed by atoms with E-state index in [2.05, 4.69) is 5.32 Å². The van der Waals surface area contributed by atoms with E-state index in [1.54, 1.807) is 25.3 Å². The van der Waals surface area contributed by atoms with E-state index < -0.39 is 0 Å². The maximum atomic E-state index is 11.3. The number of ketones is 1. The first-order valence-corrected chi connectivity index (χ1v) is 5.91. The Hall–Kier alpha value is -2.49. The monoisotopic (exact) mass is 256 g/mol. The van der Waals surface area contributed by atoms with E-state index in [0.717, 1.165) is 17.1 Å². The predicted octanol–water partition coefficient (Wildman–Crippen LogP) is 3.22. The van der Waals surface area contributed by atoms with Gasteiger partial charge in [0.2, 0.25) is 0 Å². The Morgan fingerprint density at radius 3 is 2.63 bits per heavy atom. The van der Waals surface area contributed by atoms with Gasteiger partial charge in [0.05, 0.1) is 18.5 Å². The SMILES string of the molecule is COc1cccc(Nc2ccc(C(C)=O)cc2N)c1. The Labute approximate surface area is 112 Å². The number of carbonyl (C=O) groups is 1. The van der Waals surface area contributed by atoms with Crippen molar-refractivity contribution >= 4 is 22.8 Å². The van der Waals surface area contributed by atoms with Gasteiger partial charge in [-0.25, -0.2) is 0 Å². The van der Waals surface area contributed by atoms with Gasteiger partial charge in [-0.05, 0) is 37.3 Å². The number of hydrogen-bond donors (Lipinski definition) is 2. The van der Waals surface area contributed by atoms with Crippen LogP contribution in [0.5, 0.6) is 5.75 Å². The van der Waals surface area contributed by atoms with Crippen LogP contribution in [0.2, 0.25) is 0 Å². The molecule has 4 heteroatoms. The van der Waals surface area contributed by atoms with E-state index in [1.807, 2.05) is 24.3 Å². The Bertz CT molecular complexity index is 609. The van der Waals surface area contributed by atoms with Gasteiger partial charge in [-0.1, -0.05) is 6.07 Å². The summed E-state index contributed by atoms with van der Waals surface area (Å²) in [5.41, 5.74) is 8.71. The van der Waals surface area contributed by atoms with Gasteiger partial charge in [-0.15, -0.1) is 0 Å². The number of Topliss-reactive ketones (excluding diaryl/α,β-unsaturated/α-hetero) is 1. The van der Waals surface area contributed by atoms with Gasteiger partial charge in [0, 0.05) is 17.3 Å². The molecule has 98 valence electrons. The quantitative estimate of drug-likeness (QED) is 0.651. The van der Waals surface area contributed by atoms with Crippen molar-refractivity contribution in [1.29, 1.82) is 0 Å². The zero-order valence-electron chi connectivity index (χ0n) is 10.9. The van der Waals surface area contributed by atoms with E-state index in [-0.39, 0.29) is 5.78 Å². The fourth-order valence-electron chi connectivity index (χ4n) is 1.75. The Balaban J connectivity index is 2.25. The standard InChI is InChI=1S/C15H16N2O2/c1-10(18)11-6-7-15(14(16)8-11)17-12-4-3-5-13(9-12)19-2/h3-9,17H,16H2,1-2H3. The predicted molar refractivity (Wildman–Crippen MR) is 77.1 cm³/mol. The molecule has 0 aromatic heterocycles. The second-order valence-electron chi connectivity index (χ2n) is 4.22. The van der Waals surface area contributed by atoms with Crippen LogP contribution in [0.4, 0.5) is 17.1 Å². The Morgan fingerprint density at radius 1 is 1.21 bits per heavy atom. The molecule has 0 fully saturated rings. The molecule has 3 N–H and O–H groups in total. The Morgan fingerprint density at radius 2 is 2.00 bits per heavy atom. The number of benzene rings is 2. The molecule has 0 heterocycles. The van der Waals surface area contributed by atoms with Crippen molar-refractivity contribution in [3.8, 4) is 5.75 Å². The summed E-state index contributed by atoms with van der Waals surface area (Å²) in [6, 6.07) is 12.8. The molecule has 0 saturated heterocycles. The smallest absolute Gasteiger partial charge is 0.159 e. The van der Waals surface area contributed by atoms with Crippen LogP contribution in [0.1, 0.15) is 17.3 Å². The van der Waals surface area contributed by atoms with Crippen molar-refractivity contribution < 1.29 is 9.53 Å². The maximum absolute atomic E-state index is 11.3. The molecular formula is C15H16N2O2. The number of nitrogen functional groups attached to an aromatic ring is 1. The molecular weight excluding hydrogens is 240 g/mol. The topological polar surface area (TPSA) is 64.3 Å². The highest BCUT2D eigenvalue weighted by Gasteiger charge is 2.05. The zero-order chi connectivity index (χ0) is 13.8. The molecule has 0 aliphatic rings. The van der Waals surface area contributed by atoms with Crippen LogP contribution in [0.3, 0.4) is 0 Å². The van der Waals surface area contributed by atoms with Crippen molar-refractivity contribution in [3.05, 3.63) is 48.0 Å². The van der Waals surface area contributed by atoms with Crippen molar-refractivity contribution in [2.45, 2.75) is 6.92 Å². The molecule has 19 heavy (non-hydrogen) atoms. The lowest BCUT2D eigenvalue weighted by molar-refractivity contribution is 0.101. The molecule has 0 bridgehead atoms. The van der Waals surface area contributed by atoms with Crippen molar-refractivity contribution in [2.75, 3.05) is 18.2 Å². The second kappa shape index (κ2) is 5.44. The number of ether oxygens (including phenoxy) is 1. The third kappa shape index (κ3) is 3.04. The van der Waals surface area contributed by atoms with E-state index in [0.29, 0.717) is 11.3 Å². The lowest BCUT2D eigenvalue weighted by atomic mass is 10.1. The summed E-state index contributed by atoms with van der Waals surface area (Å²) in [7, 11) is 1.62. The average Bonchev–Trinajstić information content (AvgIpc) is 2.41. The summed E-state index contributed by atoms with van der Waals surface area (Å²) < 4.78 is 5.16. The minimum absolute atomic E-state index is 0.000342. The molecule has 2 aromatic rings. The van der Waals surface area contributed by atoms with E-state index in [1.165, 1.54) is 6.92 Å². The molecule has 4 nitrogen and oxygen atoms in total.